The van der Waals surface area contributed by atoms with E-state index in [0.717, 1.165) is 17.0 Å². The third-order valence-corrected chi connectivity index (χ3v) is 2.30. The molecule has 0 aliphatic heterocycles. The van der Waals surface area contributed by atoms with E-state index >= 15 is 0 Å². The molecule has 0 amide bonds. The van der Waals surface area contributed by atoms with Crippen LogP contribution < -0.4 is 0 Å². The van der Waals surface area contributed by atoms with Crippen molar-refractivity contribution in [1.82, 2.24) is 9.78 Å². The number of aliphatic hydroxyl groups is 2. The SMILES string of the molecule is Cc1nn(C)c(C)c1C(O)CCO. The molecule has 0 aromatic carbocycles. The van der Waals surface area contributed by atoms with Crippen LogP contribution >= 0.6 is 0 Å². The predicted molar refractivity (Wildman–Crippen MR) is 49.3 cm³/mol. The lowest BCUT2D eigenvalue weighted by molar-refractivity contribution is 0.133. The summed E-state index contributed by atoms with van der Waals surface area (Å²) in [4.78, 5) is 0. The summed E-state index contributed by atoms with van der Waals surface area (Å²) in [5.41, 5.74) is 2.64. The van der Waals surface area contributed by atoms with Crippen molar-refractivity contribution < 1.29 is 10.2 Å². The van der Waals surface area contributed by atoms with Gasteiger partial charge < -0.3 is 10.2 Å². The van der Waals surface area contributed by atoms with Crippen molar-refractivity contribution in [1.29, 1.82) is 0 Å². The molecule has 0 fully saturated rings. The van der Waals surface area contributed by atoms with E-state index in [9.17, 15) is 5.11 Å². The van der Waals surface area contributed by atoms with Crippen LogP contribution in [0, 0.1) is 13.8 Å². The van der Waals surface area contributed by atoms with Crippen molar-refractivity contribution in [2.75, 3.05) is 6.61 Å². The zero-order valence-corrected chi connectivity index (χ0v) is 8.28. The van der Waals surface area contributed by atoms with Crippen molar-refractivity contribution in [3.05, 3.63) is 17.0 Å². The maximum absolute atomic E-state index is 9.68. The summed E-state index contributed by atoms with van der Waals surface area (Å²) >= 11 is 0. The molecule has 1 rings (SSSR count). The first-order valence-electron chi connectivity index (χ1n) is 4.37. The second kappa shape index (κ2) is 3.89. The van der Waals surface area contributed by atoms with Gasteiger partial charge in [-0.25, -0.2) is 0 Å². The zero-order valence-electron chi connectivity index (χ0n) is 8.28. The predicted octanol–water partition coefficient (Wildman–Crippen LogP) is 0.453. The number of aliphatic hydroxyl groups excluding tert-OH is 2. The summed E-state index contributed by atoms with van der Waals surface area (Å²) in [5, 5.41) is 22.6. The normalized spacial score (nSPS) is 13.3. The summed E-state index contributed by atoms with van der Waals surface area (Å²) in [6, 6.07) is 0. The lowest BCUT2D eigenvalue weighted by Gasteiger charge is -2.09. The van der Waals surface area contributed by atoms with Gasteiger partial charge in [-0.05, 0) is 13.8 Å². The van der Waals surface area contributed by atoms with Crippen LogP contribution in [0.25, 0.3) is 0 Å². The number of nitrogens with zero attached hydrogens (tertiary/aromatic N) is 2. The quantitative estimate of drug-likeness (QED) is 0.717. The van der Waals surface area contributed by atoms with Gasteiger partial charge in [0, 0.05) is 31.3 Å². The molecule has 0 radical (unpaired) electrons. The minimum atomic E-state index is -0.598. The van der Waals surface area contributed by atoms with Crippen molar-refractivity contribution in [3.8, 4) is 0 Å². The van der Waals surface area contributed by atoms with Gasteiger partial charge in [0.25, 0.3) is 0 Å². The highest BCUT2D eigenvalue weighted by Gasteiger charge is 2.16. The Balaban J connectivity index is 2.98. The summed E-state index contributed by atoms with van der Waals surface area (Å²) in [6.45, 7) is 3.77. The first-order valence-corrected chi connectivity index (χ1v) is 4.37. The van der Waals surface area contributed by atoms with Crippen LogP contribution in [-0.4, -0.2) is 26.6 Å². The summed E-state index contributed by atoms with van der Waals surface area (Å²) in [6.07, 6.45) is -0.230. The molecule has 0 aliphatic rings. The van der Waals surface area contributed by atoms with Gasteiger partial charge in [-0.2, -0.15) is 5.10 Å². The van der Waals surface area contributed by atoms with Gasteiger partial charge >= 0.3 is 0 Å². The van der Waals surface area contributed by atoms with Gasteiger partial charge in [0.1, 0.15) is 0 Å². The van der Waals surface area contributed by atoms with E-state index in [1.807, 2.05) is 20.9 Å². The van der Waals surface area contributed by atoms with Crippen molar-refractivity contribution in [2.24, 2.45) is 7.05 Å². The molecule has 4 nitrogen and oxygen atoms in total. The second-order valence-corrected chi connectivity index (χ2v) is 3.24. The average Bonchev–Trinajstić information content (AvgIpc) is 2.27. The standard InChI is InChI=1S/C9H16N2O2/c1-6-9(8(13)4-5-12)7(2)11(3)10-6/h8,12-13H,4-5H2,1-3H3. The molecule has 4 heteroatoms. The highest BCUT2D eigenvalue weighted by atomic mass is 16.3. The van der Waals surface area contributed by atoms with Crippen LogP contribution in [0.1, 0.15) is 29.5 Å². The molecule has 0 bridgehead atoms. The van der Waals surface area contributed by atoms with E-state index in [-0.39, 0.29) is 6.61 Å². The third-order valence-electron chi connectivity index (χ3n) is 2.30. The minimum Gasteiger partial charge on any atom is -0.396 e. The lowest BCUT2D eigenvalue weighted by atomic mass is 10.1. The number of aromatic nitrogens is 2. The maximum Gasteiger partial charge on any atom is 0.0847 e. The maximum atomic E-state index is 9.68. The first kappa shape index (κ1) is 10.2. The molecule has 1 atom stereocenters. The fourth-order valence-electron chi connectivity index (χ4n) is 1.54. The van der Waals surface area contributed by atoms with Crippen LogP contribution in [-0.2, 0) is 7.05 Å². The molecule has 0 saturated carbocycles. The van der Waals surface area contributed by atoms with E-state index in [2.05, 4.69) is 5.10 Å². The highest BCUT2D eigenvalue weighted by Crippen LogP contribution is 2.22. The molecule has 0 spiro atoms. The Hall–Kier alpha value is -0.870. The second-order valence-electron chi connectivity index (χ2n) is 3.24. The van der Waals surface area contributed by atoms with Gasteiger partial charge in [-0.1, -0.05) is 0 Å². The molecule has 74 valence electrons. The smallest absolute Gasteiger partial charge is 0.0847 e. The van der Waals surface area contributed by atoms with E-state index in [4.69, 9.17) is 5.11 Å². The fourth-order valence-corrected chi connectivity index (χ4v) is 1.54. The van der Waals surface area contributed by atoms with Gasteiger partial charge in [0.15, 0.2) is 0 Å². The van der Waals surface area contributed by atoms with Gasteiger partial charge in [0.2, 0.25) is 0 Å². The molecule has 0 aliphatic carbocycles. The molecule has 1 unspecified atom stereocenters. The Labute approximate surface area is 77.8 Å². The van der Waals surface area contributed by atoms with E-state index in [0.29, 0.717) is 6.42 Å². The summed E-state index contributed by atoms with van der Waals surface area (Å²) in [5.74, 6) is 0. The first-order chi connectivity index (χ1) is 6.07. The van der Waals surface area contributed by atoms with Gasteiger partial charge in [0.05, 0.1) is 11.8 Å². The van der Waals surface area contributed by atoms with Crippen LogP contribution in [0.5, 0.6) is 0 Å². The highest BCUT2D eigenvalue weighted by molar-refractivity contribution is 5.26. The zero-order chi connectivity index (χ0) is 10.0. The summed E-state index contributed by atoms with van der Waals surface area (Å²) in [7, 11) is 1.84. The molecule has 2 N–H and O–H groups in total. The van der Waals surface area contributed by atoms with Gasteiger partial charge in [-0.15, -0.1) is 0 Å². The topological polar surface area (TPSA) is 58.3 Å². The largest absolute Gasteiger partial charge is 0.396 e. The molecule has 1 aromatic rings. The summed E-state index contributed by atoms with van der Waals surface area (Å²) < 4.78 is 1.74. The number of hydrogen-bond donors (Lipinski definition) is 2. The van der Waals surface area contributed by atoms with Crippen LogP contribution in [0.3, 0.4) is 0 Å². The average molecular weight is 184 g/mol. The van der Waals surface area contributed by atoms with Crippen LogP contribution in [0.15, 0.2) is 0 Å². The molecule has 1 heterocycles. The molecule has 1 aromatic heterocycles. The lowest BCUT2D eigenvalue weighted by Crippen LogP contribution is -2.03. The Morgan fingerprint density at radius 2 is 2.08 bits per heavy atom. The Kier molecular flexibility index (Phi) is 3.06. The Morgan fingerprint density at radius 3 is 2.46 bits per heavy atom. The number of rotatable bonds is 3. The minimum absolute atomic E-state index is 0.00502. The van der Waals surface area contributed by atoms with Crippen molar-refractivity contribution in [2.45, 2.75) is 26.4 Å². The van der Waals surface area contributed by atoms with Crippen molar-refractivity contribution in [3.63, 3.8) is 0 Å². The molecular formula is C9H16N2O2. The molecular weight excluding hydrogens is 168 g/mol. The molecule has 0 saturated heterocycles. The fraction of sp³-hybridized carbons (Fsp3) is 0.667. The third kappa shape index (κ3) is 1.89. The number of aryl methyl sites for hydroxylation is 2. The van der Waals surface area contributed by atoms with E-state index < -0.39 is 6.10 Å². The monoisotopic (exact) mass is 184 g/mol. The Bertz CT molecular complexity index is 294. The van der Waals surface area contributed by atoms with Crippen molar-refractivity contribution >= 4 is 0 Å². The Morgan fingerprint density at radius 1 is 1.46 bits per heavy atom. The van der Waals surface area contributed by atoms with Crippen LogP contribution in [0.2, 0.25) is 0 Å². The van der Waals surface area contributed by atoms with Gasteiger partial charge in [-0.3, -0.25) is 4.68 Å². The number of hydrogen-bond acceptors (Lipinski definition) is 3. The van der Waals surface area contributed by atoms with E-state index in [1.54, 1.807) is 4.68 Å². The van der Waals surface area contributed by atoms with Crippen LogP contribution in [0.4, 0.5) is 0 Å². The van der Waals surface area contributed by atoms with E-state index in [1.165, 1.54) is 0 Å². The molecule has 13 heavy (non-hydrogen) atoms.